The molecule has 0 unspecified atom stereocenters. The van der Waals surface area contributed by atoms with Crippen molar-refractivity contribution >= 4 is 5.69 Å². The summed E-state index contributed by atoms with van der Waals surface area (Å²) in [5, 5.41) is 8.93. The lowest BCUT2D eigenvalue weighted by molar-refractivity contribution is 0.0969. The van der Waals surface area contributed by atoms with Crippen molar-refractivity contribution in [3.8, 4) is 11.8 Å². The fourth-order valence-corrected chi connectivity index (χ4v) is 6.25. The molecule has 2 aliphatic carbocycles. The minimum Gasteiger partial charge on any atom is -0.479 e. The summed E-state index contributed by atoms with van der Waals surface area (Å²) in [4.78, 5) is 5.23. The number of hydrogen-bond acceptors (Lipinski definition) is 4. The van der Waals surface area contributed by atoms with Crippen LogP contribution in [0.5, 0.6) is 5.75 Å². The first-order valence-electron chi connectivity index (χ1n) is 11.9. The third kappa shape index (κ3) is 5.30. The van der Waals surface area contributed by atoms with Crippen molar-refractivity contribution in [1.82, 2.24) is 4.90 Å². The Balaban J connectivity index is 1.57. The van der Waals surface area contributed by atoms with Crippen LogP contribution in [0, 0.1) is 28.1 Å². The number of hydrogen-bond donors (Lipinski definition) is 0. The van der Waals surface area contributed by atoms with Gasteiger partial charge in [-0.25, -0.2) is 0 Å². The smallest absolute Gasteiger partial charge is 0.174 e. The maximum absolute atomic E-state index is 8.93. The first-order chi connectivity index (χ1) is 14.2. The highest BCUT2D eigenvalue weighted by Crippen LogP contribution is 2.53. The number of benzene rings is 1. The molecule has 0 amide bonds. The summed E-state index contributed by atoms with van der Waals surface area (Å²) in [6.45, 7) is 15.6. The molecule has 0 atom stereocenters. The van der Waals surface area contributed by atoms with E-state index in [1.807, 2.05) is 0 Å². The predicted octanol–water partition coefficient (Wildman–Crippen LogP) is 5.44. The van der Waals surface area contributed by atoms with E-state index >= 15 is 0 Å². The fraction of sp³-hybridized carbons (Fsp3) is 0.731. The van der Waals surface area contributed by atoms with Crippen LogP contribution in [0.2, 0.25) is 0 Å². The van der Waals surface area contributed by atoms with Crippen LogP contribution in [0.1, 0.15) is 71.3 Å². The Labute approximate surface area is 183 Å². The zero-order chi connectivity index (χ0) is 21.4. The van der Waals surface area contributed by atoms with E-state index in [0.717, 1.165) is 37.8 Å². The predicted molar refractivity (Wildman–Crippen MR) is 123 cm³/mol. The lowest BCUT2D eigenvalue weighted by atomic mass is 9.60. The van der Waals surface area contributed by atoms with Crippen LogP contribution < -0.4 is 9.64 Å². The molecule has 1 heterocycles. The van der Waals surface area contributed by atoms with E-state index < -0.39 is 0 Å². The summed E-state index contributed by atoms with van der Waals surface area (Å²) in [6, 6.07) is 8.68. The molecule has 4 nitrogen and oxygen atoms in total. The van der Waals surface area contributed by atoms with Gasteiger partial charge in [0, 0.05) is 44.5 Å². The Kier molecular flexibility index (Phi) is 6.04. The van der Waals surface area contributed by atoms with E-state index in [0.29, 0.717) is 16.7 Å². The Hall–Kier alpha value is -1.73. The van der Waals surface area contributed by atoms with Crippen molar-refractivity contribution < 1.29 is 4.74 Å². The van der Waals surface area contributed by atoms with Gasteiger partial charge in [0.2, 0.25) is 0 Å². The molecule has 1 aromatic rings. The number of nitriles is 1. The highest BCUT2D eigenvalue weighted by molar-refractivity contribution is 5.59. The molecule has 1 aromatic carbocycles. The molecule has 3 fully saturated rings. The first kappa shape index (κ1) is 21.5. The second kappa shape index (κ2) is 8.42. The van der Waals surface area contributed by atoms with Crippen molar-refractivity contribution in [3.63, 3.8) is 0 Å². The molecule has 0 spiro atoms. The molecule has 0 aromatic heterocycles. The molecule has 4 heteroatoms. The van der Waals surface area contributed by atoms with Crippen molar-refractivity contribution in [2.24, 2.45) is 16.7 Å². The van der Waals surface area contributed by atoms with E-state index in [-0.39, 0.29) is 6.61 Å². The first-order valence-corrected chi connectivity index (χ1v) is 11.9. The molecule has 3 aliphatic rings. The van der Waals surface area contributed by atoms with E-state index in [1.54, 1.807) is 0 Å². The van der Waals surface area contributed by atoms with Crippen molar-refractivity contribution in [2.75, 3.05) is 44.2 Å². The zero-order valence-electron chi connectivity index (χ0n) is 19.4. The molecule has 2 saturated carbocycles. The van der Waals surface area contributed by atoms with Gasteiger partial charge in [-0.2, -0.15) is 5.26 Å². The molecule has 4 rings (SSSR count). The Morgan fingerprint density at radius 2 is 1.70 bits per heavy atom. The molecule has 0 radical (unpaired) electrons. The third-order valence-corrected chi connectivity index (χ3v) is 7.23. The molecular weight excluding hydrogens is 370 g/mol. The summed E-state index contributed by atoms with van der Waals surface area (Å²) in [7, 11) is 0. The van der Waals surface area contributed by atoms with Crippen LogP contribution >= 0.6 is 0 Å². The van der Waals surface area contributed by atoms with Gasteiger partial charge in [-0.05, 0) is 66.4 Å². The Morgan fingerprint density at radius 1 is 1.03 bits per heavy atom. The molecule has 0 N–H and O–H groups in total. The number of anilines is 1. The third-order valence-electron chi connectivity index (χ3n) is 7.23. The van der Waals surface area contributed by atoms with Gasteiger partial charge in [-0.15, -0.1) is 0 Å². The largest absolute Gasteiger partial charge is 0.479 e. The van der Waals surface area contributed by atoms with Crippen molar-refractivity contribution in [1.29, 1.82) is 5.26 Å². The van der Waals surface area contributed by atoms with Crippen LogP contribution in [0.3, 0.4) is 0 Å². The van der Waals surface area contributed by atoms with Crippen LogP contribution in [0.4, 0.5) is 5.69 Å². The molecule has 164 valence electrons. The van der Waals surface area contributed by atoms with E-state index in [9.17, 15) is 0 Å². The topological polar surface area (TPSA) is 39.5 Å². The van der Waals surface area contributed by atoms with Crippen molar-refractivity contribution in [3.05, 3.63) is 23.8 Å². The van der Waals surface area contributed by atoms with E-state index in [2.05, 4.69) is 61.8 Å². The normalized spacial score (nSPS) is 24.4. The summed E-state index contributed by atoms with van der Waals surface area (Å²) >= 11 is 0. The van der Waals surface area contributed by atoms with Gasteiger partial charge in [0.15, 0.2) is 6.61 Å². The van der Waals surface area contributed by atoms with Gasteiger partial charge >= 0.3 is 0 Å². The Bertz CT molecular complexity index is 766. The van der Waals surface area contributed by atoms with Gasteiger partial charge < -0.3 is 9.64 Å². The summed E-state index contributed by atoms with van der Waals surface area (Å²) in [5.41, 5.74) is 3.55. The number of piperazine rings is 1. The average molecular weight is 410 g/mol. The van der Waals surface area contributed by atoms with Crippen LogP contribution in [-0.2, 0) is 0 Å². The maximum atomic E-state index is 8.93. The highest BCUT2D eigenvalue weighted by atomic mass is 16.5. The number of ether oxygens (including phenoxy) is 1. The van der Waals surface area contributed by atoms with Gasteiger partial charge in [0.1, 0.15) is 11.8 Å². The standard InChI is InChI=1S/C26H39N3O/c1-25(2)16-21(17-26(3,4)19-25)23-8-7-22(30-14-9-27)15-24(23)29-12-10-28(11-13-29)18-20-5-6-20/h7-8,15,20-21H,5-6,10-14,16-19H2,1-4H3. The summed E-state index contributed by atoms with van der Waals surface area (Å²) in [5.74, 6) is 2.36. The summed E-state index contributed by atoms with van der Waals surface area (Å²) in [6.07, 6.45) is 6.62. The second-order valence-electron chi connectivity index (χ2n) is 11.5. The molecular formula is C26H39N3O. The van der Waals surface area contributed by atoms with E-state index in [1.165, 1.54) is 49.9 Å². The average Bonchev–Trinajstić information content (AvgIpc) is 3.48. The molecule has 1 saturated heterocycles. The SMILES string of the molecule is CC1(C)CC(c2ccc(OCC#N)cc2N2CCN(CC3CC3)CC2)CC(C)(C)C1. The minimum atomic E-state index is 0.109. The van der Waals surface area contributed by atoms with Crippen LogP contribution in [0.25, 0.3) is 0 Å². The van der Waals surface area contributed by atoms with Gasteiger partial charge in [-0.3, -0.25) is 4.90 Å². The van der Waals surface area contributed by atoms with Gasteiger partial charge in [-0.1, -0.05) is 33.8 Å². The zero-order valence-corrected chi connectivity index (χ0v) is 19.4. The van der Waals surface area contributed by atoms with E-state index in [4.69, 9.17) is 10.00 Å². The quantitative estimate of drug-likeness (QED) is 0.627. The number of rotatable bonds is 6. The lowest BCUT2D eigenvalue weighted by Gasteiger charge is -2.46. The summed E-state index contributed by atoms with van der Waals surface area (Å²) < 4.78 is 5.69. The Morgan fingerprint density at radius 3 is 2.30 bits per heavy atom. The van der Waals surface area contributed by atoms with Crippen LogP contribution in [0.15, 0.2) is 18.2 Å². The molecule has 30 heavy (non-hydrogen) atoms. The number of nitrogens with zero attached hydrogens (tertiary/aromatic N) is 3. The lowest BCUT2D eigenvalue weighted by Crippen LogP contribution is -2.47. The monoisotopic (exact) mass is 409 g/mol. The molecule has 0 bridgehead atoms. The minimum absolute atomic E-state index is 0.109. The van der Waals surface area contributed by atoms with Crippen molar-refractivity contribution in [2.45, 2.75) is 65.7 Å². The second-order valence-corrected chi connectivity index (χ2v) is 11.5. The van der Waals surface area contributed by atoms with Gasteiger partial charge in [0.25, 0.3) is 0 Å². The van der Waals surface area contributed by atoms with Gasteiger partial charge in [0.05, 0.1) is 0 Å². The highest BCUT2D eigenvalue weighted by Gasteiger charge is 2.40. The maximum Gasteiger partial charge on any atom is 0.174 e. The van der Waals surface area contributed by atoms with Crippen LogP contribution in [-0.4, -0.2) is 44.2 Å². The molecule has 1 aliphatic heterocycles. The fourth-order valence-electron chi connectivity index (χ4n) is 6.25.